The average molecular weight is 343 g/mol. The number of H-pyrrole nitrogens is 1. The number of likely N-dealkylation sites (tertiary alicyclic amines) is 1. The Hall–Kier alpha value is -2.50. The second-order valence-electron chi connectivity index (χ2n) is 7.54. The number of hydrogen-bond acceptors (Lipinski definition) is 3. The van der Waals surface area contributed by atoms with Gasteiger partial charge in [0.2, 0.25) is 0 Å². The lowest BCUT2D eigenvalue weighted by atomic mass is 10.1. The molecule has 6 heteroatoms. The van der Waals surface area contributed by atoms with Crippen LogP contribution in [0.1, 0.15) is 37.6 Å². The summed E-state index contributed by atoms with van der Waals surface area (Å²) in [5.74, 6) is 0.169. The molecule has 1 aliphatic heterocycles. The summed E-state index contributed by atoms with van der Waals surface area (Å²) >= 11 is 0. The van der Waals surface area contributed by atoms with Crippen LogP contribution in [0.5, 0.6) is 0 Å². The molecule has 6 nitrogen and oxygen atoms in total. The van der Waals surface area contributed by atoms with Gasteiger partial charge in [-0.15, -0.1) is 0 Å². The van der Waals surface area contributed by atoms with Crippen molar-refractivity contribution in [2.45, 2.75) is 32.8 Å². The quantitative estimate of drug-likeness (QED) is 0.899. The van der Waals surface area contributed by atoms with Gasteiger partial charge in [-0.2, -0.15) is 0 Å². The van der Waals surface area contributed by atoms with Gasteiger partial charge < -0.3 is 19.9 Å². The Morgan fingerprint density at radius 2 is 2.12 bits per heavy atom. The maximum Gasteiger partial charge on any atom is 0.410 e. The summed E-state index contributed by atoms with van der Waals surface area (Å²) in [6.45, 7) is 7.42. The van der Waals surface area contributed by atoms with E-state index in [0.29, 0.717) is 25.2 Å². The molecule has 0 aliphatic carbocycles. The van der Waals surface area contributed by atoms with Crippen LogP contribution < -0.4 is 5.32 Å². The fraction of sp³-hybridized carbons (Fsp3) is 0.474. The maximum atomic E-state index is 12.5. The molecule has 25 heavy (non-hydrogen) atoms. The highest BCUT2D eigenvalue weighted by atomic mass is 16.6. The summed E-state index contributed by atoms with van der Waals surface area (Å²) in [5, 5.41) is 3.92. The van der Waals surface area contributed by atoms with Crippen molar-refractivity contribution in [3.05, 3.63) is 36.0 Å². The zero-order chi connectivity index (χ0) is 18.0. The number of fused-ring (bicyclic) bond motifs is 1. The number of nitrogens with zero attached hydrogens (tertiary/aromatic N) is 1. The molecule has 134 valence electrons. The van der Waals surface area contributed by atoms with E-state index >= 15 is 0 Å². The lowest BCUT2D eigenvalue weighted by Gasteiger charge is -2.24. The summed E-state index contributed by atoms with van der Waals surface area (Å²) in [4.78, 5) is 29.4. The number of aromatic amines is 1. The van der Waals surface area contributed by atoms with E-state index in [1.54, 1.807) is 4.90 Å². The van der Waals surface area contributed by atoms with Crippen LogP contribution in [-0.4, -0.2) is 47.1 Å². The molecule has 2 heterocycles. The molecule has 1 fully saturated rings. The van der Waals surface area contributed by atoms with Gasteiger partial charge in [-0.1, -0.05) is 6.07 Å². The van der Waals surface area contributed by atoms with E-state index in [9.17, 15) is 9.59 Å². The second-order valence-corrected chi connectivity index (χ2v) is 7.54. The minimum absolute atomic E-state index is 0.0825. The van der Waals surface area contributed by atoms with E-state index in [4.69, 9.17) is 4.74 Å². The summed E-state index contributed by atoms with van der Waals surface area (Å²) in [5.41, 5.74) is 1.13. The molecule has 0 spiro atoms. The van der Waals surface area contributed by atoms with Crippen LogP contribution in [0.4, 0.5) is 4.79 Å². The third-order valence-electron chi connectivity index (χ3n) is 4.33. The number of carbonyl (C=O) groups excluding carboxylic acids is 2. The number of benzene rings is 1. The van der Waals surface area contributed by atoms with E-state index in [2.05, 4.69) is 10.3 Å². The highest BCUT2D eigenvalue weighted by molar-refractivity contribution is 6.06. The number of carbonyl (C=O) groups is 2. The summed E-state index contributed by atoms with van der Waals surface area (Å²) < 4.78 is 5.40. The molecule has 2 N–H and O–H groups in total. The SMILES string of the molecule is CC(C)(C)OC(=O)N1CC[C@@H](CNC(=O)c2cccc3[nH]ccc23)C1. The van der Waals surface area contributed by atoms with Crippen molar-refractivity contribution < 1.29 is 14.3 Å². The van der Waals surface area contributed by atoms with Crippen molar-refractivity contribution in [3.63, 3.8) is 0 Å². The first-order valence-corrected chi connectivity index (χ1v) is 8.66. The Kier molecular flexibility index (Phi) is 4.70. The number of nitrogens with one attached hydrogen (secondary N) is 2. The standard InChI is InChI=1S/C19H25N3O3/c1-19(2,3)25-18(24)22-10-8-13(12-22)11-21-17(23)15-5-4-6-16-14(15)7-9-20-16/h4-7,9,13,20H,8,10-12H2,1-3H3,(H,21,23)/t13-/m0/s1. The minimum Gasteiger partial charge on any atom is -0.444 e. The number of ether oxygens (including phenoxy) is 1. The zero-order valence-corrected chi connectivity index (χ0v) is 15.0. The molecule has 1 aromatic heterocycles. The molecular formula is C19H25N3O3. The van der Waals surface area contributed by atoms with Crippen LogP contribution >= 0.6 is 0 Å². The largest absolute Gasteiger partial charge is 0.444 e. The van der Waals surface area contributed by atoms with Crippen LogP contribution in [-0.2, 0) is 4.74 Å². The first-order chi connectivity index (χ1) is 11.8. The normalized spacial score (nSPS) is 17.7. The second kappa shape index (κ2) is 6.78. The Morgan fingerprint density at radius 3 is 2.88 bits per heavy atom. The molecule has 1 aliphatic rings. The van der Waals surface area contributed by atoms with Gasteiger partial charge in [0.25, 0.3) is 5.91 Å². The first-order valence-electron chi connectivity index (χ1n) is 8.66. The molecule has 0 saturated carbocycles. The maximum absolute atomic E-state index is 12.5. The highest BCUT2D eigenvalue weighted by Crippen LogP contribution is 2.20. The van der Waals surface area contributed by atoms with Crippen LogP contribution in [0.2, 0.25) is 0 Å². The third kappa shape index (κ3) is 4.13. The smallest absolute Gasteiger partial charge is 0.410 e. The number of amides is 2. The summed E-state index contributed by atoms with van der Waals surface area (Å²) in [6.07, 6.45) is 2.42. The average Bonchev–Trinajstić information content (AvgIpc) is 3.19. The molecule has 1 aromatic carbocycles. The lowest BCUT2D eigenvalue weighted by Crippen LogP contribution is -2.36. The summed E-state index contributed by atoms with van der Waals surface area (Å²) in [7, 11) is 0. The van der Waals surface area contributed by atoms with Crippen molar-refractivity contribution in [1.29, 1.82) is 0 Å². The van der Waals surface area contributed by atoms with E-state index in [1.807, 2.05) is 51.2 Å². The van der Waals surface area contributed by atoms with Gasteiger partial charge in [-0.05, 0) is 51.3 Å². The molecule has 3 rings (SSSR count). The fourth-order valence-corrected chi connectivity index (χ4v) is 3.11. The van der Waals surface area contributed by atoms with Crippen molar-refractivity contribution in [3.8, 4) is 0 Å². The first kappa shape index (κ1) is 17.3. The number of aromatic nitrogens is 1. The topological polar surface area (TPSA) is 74.4 Å². The van der Waals surface area contributed by atoms with Gasteiger partial charge in [0.15, 0.2) is 0 Å². The predicted molar refractivity (Wildman–Crippen MR) is 96.5 cm³/mol. The molecule has 0 radical (unpaired) electrons. The lowest BCUT2D eigenvalue weighted by molar-refractivity contribution is 0.0288. The molecule has 1 saturated heterocycles. The van der Waals surface area contributed by atoms with Crippen molar-refractivity contribution in [2.24, 2.45) is 5.92 Å². The molecular weight excluding hydrogens is 318 g/mol. The third-order valence-corrected chi connectivity index (χ3v) is 4.33. The van der Waals surface area contributed by atoms with Crippen LogP contribution in [0, 0.1) is 5.92 Å². The van der Waals surface area contributed by atoms with E-state index in [-0.39, 0.29) is 17.9 Å². The fourth-order valence-electron chi connectivity index (χ4n) is 3.11. The Bertz CT molecular complexity index is 776. The van der Waals surface area contributed by atoms with E-state index < -0.39 is 5.60 Å². The predicted octanol–water partition coefficient (Wildman–Crippen LogP) is 3.15. The van der Waals surface area contributed by atoms with Gasteiger partial charge in [0, 0.05) is 42.3 Å². The molecule has 0 bridgehead atoms. The highest BCUT2D eigenvalue weighted by Gasteiger charge is 2.30. The van der Waals surface area contributed by atoms with Gasteiger partial charge >= 0.3 is 6.09 Å². The zero-order valence-electron chi connectivity index (χ0n) is 15.0. The monoisotopic (exact) mass is 343 g/mol. The molecule has 2 aromatic rings. The molecule has 1 atom stereocenters. The van der Waals surface area contributed by atoms with Crippen molar-refractivity contribution in [2.75, 3.05) is 19.6 Å². The Morgan fingerprint density at radius 1 is 1.32 bits per heavy atom. The number of hydrogen-bond donors (Lipinski definition) is 2. The van der Waals surface area contributed by atoms with Crippen molar-refractivity contribution in [1.82, 2.24) is 15.2 Å². The van der Waals surface area contributed by atoms with Gasteiger partial charge in [-0.25, -0.2) is 4.79 Å². The van der Waals surface area contributed by atoms with Crippen molar-refractivity contribution >= 4 is 22.9 Å². The van der Waals surface area contributed by atoms with Gasteiger partial charge in [0.1, 0.15) is 5.60 Å². The Labute approximate surface area is 147 Å². The summed E-state index contributed by atoms with van der Waals surface area (Å²) in [6, 6.07) is 7.55. The molecule has 0 unspecified atom stereocenters. The van der Waals surface area contributed by atoms with Gasteiger partial charge in [0.05, 0.1) is 0 Å². The van der Waals surface area contributed by atoms with E-state index in [1.165, 1.54) is 0 Å². The van der Waals surface area contributed by atoms with Crippen LogP contribution in [0.3, 0.4) is 0 Å². The van der Waals surface area contributed by atoms with Crippen LogP contribution in [0.25, 0.3) is 10.9 Å². The Balaban J connectivity index is 1.54. The van der Waals surface area contributed by atoms with Gasteiger partial charge in [-0.3, -0.25) is 4.79 Å². The number of rotatable bonds is 3. The minimum atomic E-state index is -0.487. The van der Waals surface area contributed by atoms with Crippen LogP contribution in [0.15, 0.2) is 30.5 Å². The van der Waals surface area contributed by atoms with E-state index in [0.717, 1.165) is 17.3 Å². The molecule has 2 amide bonds.